The minimum absolute atomic E-state index is 0.311. The van der Waals surface area contributed by atoms with E-state index in [9.17, 15) is 0 Å². The molecule has 0 heterocycles. The molecule has 2 aliphatic carbocycles. The Morgan fingerprint density at radius 1 is 0.484 bits per heavy atom. The SMILES string of the molecule is Nc1cc2c(cc1-c1ccccc1)-c1ccc(-c3ccccc3)cc1C1C=CC=CC21. The van der Waals surface area contributed by atoms with Gasteiger partial charge in [-0.2, -0.15) is 0 Å². The fourth-order valence-corrected chi connectivity index (χ4v) is 5.11. The van der Waals surface area contributed by atoms with Crippen molar-refractivity contribution in [2.24, 2.45) is 0 Å². The minimum Gasteiger partial charge on any atom is -0.398 e. The molecule has 2 unspecified atom stereocenters. The van der Waals surface area contributed by atoms with Crippen LogP contribution in [-0.2, 0) is 0 Å². The van der Waals surface area contributed by atoms with Crippen LogP contribution in [0.5, 0.6) is 0 Å². The summed E-state index contributed by atoms with van der Waals surface area (Å²) < 4.78 is 0. The Morgan fingerprint density at radius 2 is 1.10 bits per heavy atom. The van der Waals surface area contributed by atoms with Crippen LogP contribution in [0.25, 0.3) is 33.4 Å². The minimum atomic E-state index is 0.311. The van der Waals surface area contributed by atoms with Crippen LogP contribution in [0.4, 0.5) is 5.69 Å². The van der Waals surface area contributed by atoms with Crippen molar-refractivity contribution >= 4 is 5.69 Å². The van der Waals surface area contributed by atoms with E-state index in [0.29, 0.717) is 11.8 Å². The number of anilines is 1. The van der Waals surface area contributed by atoms with Gasteiger partial charge >= 0.3 is 0 Å². The standard InChI is InChI=1S/C30H23N/c31-30-19-29-24-14-8-7-13-23(24)27-17-22(20-9-3-1-4-10-20)15-16-25(27)28(29)18-26(30)21-11-5-2-6-12-21/h1-19,23-24H,31H2. The summed E-state index contributed by atoms with van der Waals surface area (Å²) in [5, 5.41) is 0. The first-order valence-electron chi connectivity index (χ1n) is 10.8. The van der Waals surface area contributed by atoms with Gasteiger partial charge in [0.2, 0.25) is 0 Å². The van der Waals surface area contributed by atoms with Gasteiger partial charge in [-0.05, 0) is 57.1 Å². The fraction of sp³-hybridized carbons (Fsp3) is 0.0667. The zero-order valence-electron chi connectivity index (χ0n) is 17.2. The smallest absolute Gasteiger partial charge is 0.0397 e. The van der Waals surface area contributed by atoms with Crippen molar-refractivity contribution in [1.82, 2.24) is 0 Å². The number of allylic oxidation sites excluding steroid dienone is 4. The van der Waals surface area contributed by atoms with Crippen LogP contribution >= 0.6 is 0 Å². The van der Waals surface area contributed by atoms with Crippen LogP contribution < -0.4 is 5.73 Å². The van der Waals surface area contributed by atoms with E-state index in [1.165, 1.54) is 33.4 Å². The molecule has 148 valence electrons. The average molecular weight is 398 g/mol. The second-order valence-corrected chi connectivity index (χ2v) is 8.38. The number of nitrogens with two attached hydrogens (primary N) is 1. The largest absolute Gasteiger partial charge is 0.398 e. The van der Waals surface area contributed by atoms with Gasteiger partial charge in [0.15, 0.2) is 0 Å². The predicted molar refractivity (Wildman–Crippen MR) is 131 cm³/mol. The predicted octanol–water partition coefficient (Wildman–Crippen LogP) is 7.58. The summed E-state index contributed by atoms with van der Waals surface area (Å²) >= 11 is 0. The van der Waals surface area contributed by atoms with Crippen molar-refractivity contribution in [3.63, 3.8) is 0 Å². The Labute approximate surface area is 183 Å². The molecule has 1 heteroatoms. The molecule has 0 bridgehead atoms. The van der Waals surface area contributed by atoms with E-state index < -0.39 is 0 Å². The van der Waals surface area contributed by atoms with Gasteiger partial charge in [0.25, 0.3) is 0 Å². The van der Waals surface area contributed by atoms with Crippen LogP contribution in [0, 0.1) is 0 Å². The van der Waals surface area contributed by atoms with Crippen LogP contribution in [-0.4, -0.2) is 0 Å². The normalized spacial score (nSPS) is 18.2. The highest BCUT2D eigenvalue weighted by Gasteiger charge is 2.32. The van der Waals surface area contributed by atoms with Gasteiger partial charge in [0, 0.05) is 23.1 Å². The molecule has 0 radical (unpaired) electrons. The lowest BCUT2D eigenvalue weighted by Crippen LogP contribution is -2.17. The molecule has 0 aromatic heterocycles. The molecule has 0 saturated carbocycles. The Bertz CT molecular complexity index is 1330. The van der Waals surface area contributed by atoms with Crippen molar-refractivity contribution in [2.45, 2.75) is 11.8 Å². The maximum absolute atomic E-state index is 6.58. The first-order chi connectivity index (χ1) is 15.3. The Morgan fingerprint density at radius 3 is 1.77 bits per heavy atom. The highest BCUT2D eigenvalue weighted by molar-refractivity contribution is 5.88. The molecule has 4 aromatic carbocycles. The van der Waals surface area contributed by atoms with Gasteiger partial charge in [-0.3, -0.25) is 0 Å². The first kappa shape index (κ1) is 18.0. The summed E-state index contributed by atoms with van der Waals surface area (Å²) in [5.41, 5.74) is 17.5. The lowest BCUT2D eigenvalue weighted by Gasteiger charge is -2.35. The Kier molecular flexibility index (Phi) is 4.14. The van der Waals surface area contributed by atoms with E-state index in [4.69, 9.17) is 5.73 Å². The fourth-order valence-electron chi connectivity index (χ4n) is 5.11. The van der Waals surface area contributed by atoms with E-state index in [-0.39, 0.29) is 0 Å². The quantitative estimate of drug-likeness (QED) is 0.347. The van der Waals surface area contributed by atoms with Crippen molar-refractivity contribution in [2.75, 3.05) is 5.73 Å². The van der Waals surface area contributed by atoms with Crippen LogP contribution in [0.1, 0.15) is 23.0 Å². The summed E-state index contributed by atoms with van der Waals surface area (Å²) in [6.45, 7) is 0. The summed E-state index contributed by atoms with van der Waals surface area (Å²) in [5.74, 6) is 0.642. The number of hydrogen-bond acceptors (Lipinski definition) is 1. The molecule has 2 aliphatic rings. The van der Waals surface area contributed by atoms with Gasteiger partial charge < -0.3 is 5.73 Å². The number of benzene rings is 4. The van der Waals surface area contributed by atoms with Gasteiger partial charge in [0.05, 0.1) is 0 Å². The molecule has 4 aromatic rings. The van der Waals surface area contributed by atoms with Crippen LogP contribution in [0.3, 0.4) is 0 Å². The first-order valence-corrected chi connectivity index (χ1v) is 10.8. The summed E-state index contributed by atoms with van der Waals surface area (Å²) in [6, 6.07) is 32.5. The Hall–Kier alpha value is -3.84. The molecule has 2 atom stereocenters. The van der Waals surface area contributed by atoms with Crippen molar-refractivity contribution in [3.8, 4) is 33.4 Å². The molecule has 0 spiro atoms. The molecule has 31 heavy (non-hydrogen) atoms. The molecule has 6 rings (SSSR count). The summed E-state index contributed by atoms with van der Waals surface area (Å²) in [6.07, 6.45) is 9.00. The van der Waals surface area contributed by atoms with Gasteiger partial charge in [0.1, 0.15) is 0 Å². The molecule has 0 aliphatic heterocycles. The molecule has 0 amide bonds. The molecular weight excluding hydrogens is 374 g/mol. The second kappa shape index (κ2) is 7.14. The monoisotopic (exact) mass is 397 g/mol. The third kappa shape index (κ3) is 2.93. The zero-order chi connectivity index (χ0) is 20.8. The van der Waals surface area contributed by atoms with Gasteiger partial charge in [-0.25, -0.2) is 0 Å². The lowest BCUT2D eigenvalue weighted by molar-refractivity contribution is 0.721. The zero-order valence-corrected chi connectivity index (χ0v) is 17.2. The molecule has 0 saturated heterocycles. The van der Waals surface area contributed by atoms with Crippen LogP contribution in [0.2, 0.25) is 0 Å². The van der Waals surface area contributed by atoms with Crippen molar-refractivity contribution in [3.05, 3.63) is 126 Å². The van der Waals surface area contributed by atoms with Crippen LogP contribution in [0.15, 0.2) is 115 Å². The highest BCUT2D eigenvalue weighted by Crippen LogP contribution is 2.52. The topological polar surface area (TPSA) is 26.0 Å². The number of nitrogen functional groups attached to an aromatic ring is 1. The van der Waals surface area contributed by atoms with Gasteiger partial charge in [-0.15, -0.1) is 0 Å². The van der Waals surface area contributed by atoms with Crippen molar-refractivity contribution in [1.29, 1.82) is 0 Å². The number of hydrogen-bond donors (Lipinski definition) is 1. The van der Waals surface area contributed by atoms with E-state index in [1.54, 1.807) is 0 Å². The maximum Gasteiger partial charge on any atom is 0.0397 e. The number of fused-ring (bicyclic) bond motifs is 6. The molecular formula is C30H23N. The Balaban J connectivity index is 1.58. The number of rotatable bonds is 2. The van der Waals surface area contributed by atoms with E-state index >= 15 is 0 Å². The summed E-state index contributed by atoms with van der Waals surface area (Å²) in [7, 11) is 0. The van der Waals surface area contributed by atoms with Gasteiger partial charge in [-0.1, -0.05) is 97.1 Å². The lowest BCUT2D eigenvalue weighted by atomic mass is 9.69. The third-order valence-corrected chi connectivity index (χ3v) is 6.61. The molecule has 1 nitrogen and oxygen atoms in total. The molecule has 2 N–H and O–H groups in total. The van der Waals surface area contributed by atoms with E-state index in [0.717, 1.165) is 16.8 Å². The van der Waals surface area contributed by atoms with E-state index in [1.807, 2.05) is 6.07 Å². The average Bonchev–Trinajstić information content (AvgIpc) is 2.85. The second-order valence-electron chi connectivity index (χ2n) is 8.38. The molecule has 0 fully saturated rings. The highest BCUT2D eigenvalue weighted by atomic mass is 14.6. The van der Waals surface area contributed by atoms with E-state index in [2.05, 4.69) is 109 Å². The maximum atomic E-state index is 6.58. The third-order valence-electron chi connectivity index (χ3n) is 6.61. The summed E-state index contributed by atoms with van der Waals surface area (Å²) in [4.78, 5) is 0. The van der Waals surface area contributed by atoms with Crippen molar-refractivity contribution < 1.29 is 0 Å².